The number of benzene rings is 7. The van der Waals surface area contributed by atoms with Crippen molar-refractivity contribution in [1.82, 2.24) is 59.5 Å². The lowest BCUT2D eigenvalue weighted by Crippen LogP contribution is -2.50. The fourth-order valence-electron chi connectivity index (χ4n) is 14.8. The Bertz CT molecular complexity index is 6250. The molecule has 0 radical (unpaired) electrons. The first-order valence-electron chi connectivity index (χ1n) is 41.9. The van der Waals surface area contributed by atoms with Crippen LogP contribution in [0.15, 0.2) is 100 Å². The van der Waals surface area contributed by atoms with E-state index in [-0.39, 0.29) is 118 Å². The van der Waals surface area contributed by atoms with Crippen molar-refractivity contribution in [3.63, 3.8) is 0 Å². The second-order valence-electron chi connectivity index (χ2n) is 33.4. The van der Waals surface area contributed by atoms with Crippen LogP contribution < -0.4 is 53.5 Å². The van der Waals surface area contributed by atoms with Gasteiger partial charge in [0.05, 0.1) is 99.4 Å². The smallest absolute Gasteiger partial charge is 0.495 e. The first kappa shape index (κ1) is 105. The molecular formula is C90H98BBr2Cl5F4N16O18. The Morgan fingerprint density at radius 1 is 0.390 bits per heavy atom. The number of fused-ring (bicyclic) bond motifs is 4. The molecule has 34 nitrogen and oxygen atoms in total. The summed E-state index contributed by atoms with van der Waals surface area (Å²) in [6.07, 6.45) is 0.260. The molecule has 7 aromatic carbocycles. The molecule has 8 heterocycles. The van der Waals surface area contributed by atoms with E-state index in [1.165, 1.54) is 90.2 Å². The summed E-state index contributed by atoms with van der Waals surface area (Å²) < 4.78 is 106. The number of anilines is 4. The average molecular weight is 2120 g/mol. The van der Waals surface area contributed by atoms with Crippen molar-refractivity contribution >= 4 is 194 Å². The number of rotatable bonds is 14. The van der Waals surface area contributed by atoms with Gasteiger partial charge in [0.2, 0.25) is 11.2 Å². The number of amides is 4. The molecule has 15 rings (SSSR count). The molecule has 11 aromatic rings. The van der Waals surface area contributed by atoms with Crippen molar-refractivity contribution < 1.29 is 105 Å². The van der Waals surface area contributed by atoms with Gasteiger partial charge in [0, 0.05) is 126 Å². The van der Waals surface area contributed by atoms with Gasteiger partial charge in [-0.25, -0.2) is 36.9 Å². The molecule has 0 aliphatic carbocycles. The predicted molar refractivity (Wildman–Crippen MR) is 519 cm³/mol. The summed E-state index contributed by atoms with van der Waals surface area (Å²) in [5.41, 5.74) is -0.590. The summed E-state index contributed by atoms with van der Waals surface area (Å²) in [6.45, 7) is 28.0. The van der Waals surface area contributed by atoms with Crippen molar-refractivity contribution in [3.05, 3.63) is 149 Å². The zero-order valence-electron chi connectivity index (χ0n) is 76.5. The quantitative estimate of drug-likeness (QED) is 0.0169. The molecule has 726 valence electrons. The standard InChI is InChI=1S/C25H28ClFN4O5.C23H22ClFN4O4.C19H24BrClN4O4.C17H18BrCl2FN4O2.C6H6BFO3/c1-25(2,3)36-24(33)31-11-9-30(10-12-31)22-14-13-15(26)18(19-16(27)7-6-8-17(19)32)21(34-4)20(14)28-23(29-22)35-5;1-4-17(31)28-8-10-29(11-9-28)22-13-12-14(24)18(19-15(25)6-5-7-16(19)30)21(32-2)20(13)26-23(27-22)33-3;1-19(2,3)29-18(26)25-8-6-24(7-9-25)16-11-10-12(21)13(20)15(27-4)14(11)22-17(23-16)28-5;1-17(2,3)27-16(26)25-6-4-24(5-7-25)14-9-8-10(19)11(18)12(21)13(9)22-15(20)23-14;8-4-2-1-3-5(9)6(4)7(10)11/h6-8,13,32H,9-12H2,1-5H3;4-7,12,30H,1,8-11H2,2-3H3;10H,6-9H2,1-5H3;8H,4-7H2,1-3H3;1-3,9-11H. The number of aromatic nitrogens is 8. The van der Waals surface area contributed by atoms with Crippen LogP contribution in [-0.2, 0) is 19.0 Å². The summed E-state index contributed by atoms with van der Waals surface area (Å²) in [5, 5.41) is 50.1. The summed E-state index contributed by atoms with van der Waals surface area (Å²) >= 11 is 38.3. The van der Waals surface area contributed by atoms with Crippen LogP contribution in [0.3, 0.4) is 0 Å². The highest BCUT2D eigenvalue weighted by Crippen LogP contribution is 2.51. The van der Waals surface area contributed by atoms with Gasteiger partial charge in [-0.1, -0.05) is 71.2 Å². The van der Waals surface area contributed by atoms with Gasteiger partial charge in [0.15, 0.2) is 23.1 Å². The third-order valence-electron chi connectivity index (χ3n) is 21.0. The van der Waals surface area contributed by atoms with Crippen molar-refractivity contribution in [2.45, 2.75) is 79.1 Å². The Labute approximate surface area is 822 Å². The van der Waals surface area contributed by atoms with Gasteiger partial charge in [-0.3, -0.25) is 4.79 Å². The van der Waals surface area contributed by atoms with Crippen LogP contribution >= 0.6 is 89.9 Å². The van der Waals surface area contributed by atoms with Gasteiger partial charge in [0.25, 0.3) is 0 Å². The lowest BCUT2D eigenvalue weighted by atomic mass is 9.79. The molecule has 136 heavy (non-hydrogen) atoms. The Balaban J connectivity index is 0.000000168. The number of piperazine rings is 4. The van der Waals surface area contributed by atoms with Crippen molar-refractivity contribution in [2.75, 3.05) is 167 Å². The number of ether oxygens (including phenoxy) is 9. The van der Waals surface area contributed by atoms with E-state index in [2.05, 4.69) is 83.2 Å². The molecule has 46 heteroatoms. The van der Waals surface area contributed by atoms with Crippen LogP contribution in [0, 0.1) is 23.3 Å². The minimum absolute atomic E-state index is 0.0554. The predicted octanol–water partition coefficient (Wildman–Crippen LogP) is 16.7. The number of halogens is 11. The summed E-state index contributed by atoms with van der Waals surface area (Å²) in [5.74, 6) is -0.757. The molecule has 4 saturated heterocycles. The van der Waals surface area contributed by atoms with Crippen molar-refractivity contribution in [3.8, 4) is 74.8 Å². The number of aromatic hydroxyl groups is 3. The molecule has 0 spiro atoms. The highest BCUT2D eigenvalue weighted by molar-refractivity contribution is 9.11. The summed E-state index contributed by atoms with van der Waals surface area (Å²) in [6, 6.07) is 18.5. The fraction of sp³-hybridized carbons (Fsp3) is 0.378. The number of nitrogens with zero attached hydrogens (tertiary/aromatic N) is 16. The third-order valence-corrected chi connectivity index (χ3v) is 24.4. The second-order valence-corrected chi connectivity index (χ2v) is 37.0. The van der Waals surface area contributed by atoms with Gasteiger partial charge >= 0.3 is 43.4 Å². The minimum atomic E-state index is -1.98. The van der Waals surface area contributed by atoms with E-state index >= 15 is 0 Å². The van der Waals surface area contributed by atoms with Crippen molar-refractivity contribution in [2.24, 2.45) is 0 Å². The molecule has 5 N–H and O–H groups in total. The molecule has 0 saturated carbocycles. The number of carbonyl (C=O) groups is 4. The first-order valence-corrected chi connectivity index (χ1v) is 45.4. The number of carbonyl (C=O) groups excluding carboxylic acids is 4. The van der Waals surface area contributed by atoms with E-state index in [9.17, 15) is 47.0 Å². The normalized spacial score (nSPS) is 14.1. The van der Waals surface area contributed by atoms with Crippen LogP contribution in [0.5, 0.6) is 52.5 Å². The number of hydrogen-bond acceptors (Lipinski definition) is 30. The van der Waals surface area contributed by atoms with Gasteiger partial charge in [0.1, 0.15) is 96.8 Å². The maximum Gasteiger partial charge on any atom is 0.495 e. The van der Waals surface area contributed by atoms with Gasteiger partial charge < -0.3 is 107 Å². The zero-order valence-corrected chi connectivity index (χ0v) is 83.5. The van der Waals surface area contributed by atoms with Crippen LogP contribution in [0.4, 0.5) is 55.2 Å². The number of hydrogen-bond donors (Lipinski definition) is 5. The number of phenols is 3. The molecule has 0 atom stereocenters. The van der Waals surface area contributed by atoms with Gasteiger partial charge in [-0.2, -0.15) is 34.9 Å². The third kappa shape index (κ3) is 24.5. The topological polar surface area (TPSA) is 382 Å². The molecule has 4 amide bonds. The summed E-state index contributed by atoms with van der Waals surface area (Å²) in [7, 11) is 6.82. The van der Waals surface area contributed by atoms with Gasteiger partial charge in [-0.15, -0.1) is 0 Å². The molecule has 0 bridgehead atoms. The van der Waals surface area contributed by atoms with E-state index in [1.807, 2.05) is 77.0 Å². The van der Waals surface area contributed by atoms with Crippen LogP contribution in [0.25, 0.3) is 65.9 Å². The molecule has 4 aliphatic heterocycles. The monoisotopic (exact) mass is 2110 g/mol. The van der Waals surface area contributed by atoms with E-state index < -0.39 is 58.4 Å². The van der Waals surface area contributed by atoms with Crippen molar-refractivity contribution in [1.29, 1.82) is 0 Å². The molecule has 4 aliphatic rings. The Morgan fingerprint density at radius 3 is 0.993 bits per heavy atom. The SMILES string of the molecule is C=CC(=O)N1CCN(c2nc(OC)nc3c(OC)c(-c4c(O)cccc4F)c(Cl)cc23)CC1.CC(C)(C)OC(=O)N1CCN(c2nc(Cl)nc3c(F)c(Br)c(Cl)cc23)CC1.COc1nc(N2CCN(C(=O)OC(C)(C)C)CC2)c2cc(Cl)c(-c3c(O)cccc3F)c(OC)c2n1.COc1nc(N2CCN(C(=O)OC(C)(C)C)CC2)c2cc(Cl)c(Br)c(OC)c2n1.OB(O)c1c(O)cccc1F. The lowest BCUT2D eigenvalue weighted by Gasteiger charge is -2.36. The fourth-order valence-corrected chi connectivity index (χ4v) is 16.7. The van der Waals surface area contributed by atoms with E-state index in [4.69, 9.17) is 116 Å². The zero-order chi connectivity index (χ0) is 99.6. The highest BCUT2D eigenvalue weighted by Gasteiger charge is 2.36. The Hall–Kier alpha value is -11.6. The summed E-state index contributed by atoms with van der Waals surface area (Å²) in [4.78, 5) is 98.9. The molecule has 4 fully saturated rings. The van der Waals surface area contributed by atoms with Crippen LogP contribution in [0.2, 0.25) is 25.4 Å². The van der Waals surface area contributed by atoms with Crippen LogP contribution in [0.1, 0.15) is 62.3 Å². The highest BCUT2D eigenvalue weighted by atomic mass is 79.9. The van der Waals surface area contributed by atoms with Crippen LogP contribution in [-0.4, -0.2) is 280 Å². The largest absolute Gasteiger partial charge is 0.508 e. The minimum Gasteiger partial charge on any atom is -0.508 e. The Kier molecular flexibility index (Phi) is 34.5. The lowest BCUT2D eigenvalue weighted by molar-refractivity contribution is -0.126. The molecule has 4 aromatic heterocycles. The first-order chi connectivity index (χ1) is 64.3. The van der Waals surface area contributed by atoms with E-state index in [0.29, 0.717) is 176 Å². The molecule has 0 unspecified atom stereocenters. The maximum absolute atomic E-state index is 14.8. The molecular weight excluding hydrogens is 2020 g/mol. The number of methoxy groups -OCH3 is 6. The Morgan fingerprint density at radius 2 is 0.691 bits per heavy atom. The van der Waals surface area contributed by atoms with E-state index in [1.54, 1.807) is 51.0 Å². The van der Waals surface area contributed by atoms with E-state index in [0.717, 1.165) is 11.5 Å². The van der Waals surface area contributed by atoms with Gasteiger partial charge in [-0.05, 0) is 173 Å². The second kappa shape index (κ2) is 44.7. The average Bonchev–Trinajstić information content (AvgIpc) is 0.745. The number of phenolic OH excluding ortho intramolecular Hbond substituents is 3. The maximum atomic E-state index is 14.8.